The molecule has 3 rings (SSSR count). The van der Waals surface area contributed by atoms with E-state index in [9.17, 15) is 0 Å². The fourth-order valence-corrected chi connectivity index (χ4v) is 4.16. The maximum absolute atomic E-state index is 5.52. The van der Waals surface area contributed by atoms with Crippen LogP contribution in [0.3, 0.4) is 0 Å². The molecular formula is C18H33N5O. The lowest BCUT2D eigenvalue weighted by atomic mass is 9.96. The predicted octanol–water partition coefficient (Wildman–Crippen LogP) is 1.05. The molecule has 2 aliphatic heterocycles. The van der Waals surface area contributed by atoms with Crippen LogP contribution in [0.25, 0.3) is 0 Å². The van der Waals surface area contributed by atoms with Crippen molar-refractivity contribution in [3.8, 4) is 0 Å². The summed E-state index contributed by atoms with van der Waals surface area (Å²) in [6.45, 7) is 12.4. The van der Waals surface area contributed by atoms with Gasteiger partial charge in [-0.3, -0.25) is 10.00 Å². The second-order valence-corrected chi connectivity index (χ2v) is 7.65. The summed E-state index contributed by atoms with van der Waals surface area (Å²) in [5, 5.41) is 7.21. The number of likely N-dealkylation sites (tertiary alicyclic amines) is 1. The molecule has 3 heterocycles. The number of ether oxygens (including phenoxy) is 1. The molecule has 2 unspecified atom stereocenters. The van der Waals surface area contributed by atoms with Crippen LogP contribution in [0.15, 0.2) is 6.20 Å². The Morgan fingerprint density at radius 2 is 2.00 bits per heavy atom. The van der Waals surface area contributed by atoms with Crippen molar-refractivity contribution < 1.29 is 4.74 Å². The molecule has 0 radical (unpaired) electrons. The number of aryl methyl sites for hydroxylation is 1. The van der Waals surface area contributed by atoms with Crippen molar-refractivity contribution >= 4 is 0 Å². The second-order valence-electron chi connectivity index (χ2n) is 7.65. The summed E-state index contributed by atoms with van der Waals surface area (Å²) in [6, 6.07) is 0. The lowest BCUT2D eigenvalue weighted by molar-refractivity contribution is 0.122. The lowest BCUT2D eigenvalue weighted by Gasteiger charge is -2.26. The number of methoxy groups -OCH3 is 1. The summed E-state index contributed by atoms with van der Waals surface area (Å²) >= 11 is 0. The van der Waals surface area contributed by atoms with Gasteiger partial charge >= 0.3 is 0 Å². The molecular weight excluding hydrogens is 302 g/mol. The molecule has 0 aromatic carbocycles. The first-order chi connectivity index (χ1) is 11.7. The average Bonchev–Trinajstić information content (AvgIpc) is 3.05. The number of aromatic amines is 1. The van der Waals surface area contributed by atoms with Crippen LogP contribution in [-0.2, 0) is 11.3 Å². The van der Waals surface area contributed by atoms with Gasteiger partial charge in [-0.25, -0.2) is 0 Å². The maximum atomic E-state index is 5.52. The largest absolute Gasteiger partial charge is 0.384 e. The highest BCUT2D eigenvalue weighted by molar-refractivity contribution is 5.14. The van der Waals surface area contributed by atoms with Gasteiger partial charge in [0, 0.05) is 63.6 Å². The molecule has 2 saturated heterocycles. The van der Waals surface area contributed by atoms with Gasteiger partial charge in [-0.15, -0.1) is 0 Å². The highest BCUT2D eigenvalue weighted by Gasteiger charge is 2.34. The van der Waals surface area contributed by atoms with E-state index in [0.29, 0.717) is 11.8 Å². The van der Waals surface area contributed by atoms with E-state index in [4.69, 9.17) is 4.74 Å². The zero-order valence-corrected chi connectivity index (χ0v) is 15.5. The van der Waals surface area contributed by atoms with Crippen molar-refractivity contribution in [2.45, 2.75) is 19.9 Å². The zero-order chi connectivity index (χ0) is 16.9. The number of likely N-dealkylation sites (N-methyl/N-ethyl adjacent to an activating group) is 1. The Morgan fingerprint density at radius 1 is 1.17 bits per heavy atom. The molecule has 0 spiro atoms. The van der Waals surface area contributed by atoms with E-state index >= 15 is 0 Å². The van der Waals surface area contributed by atoms with Gasteiger partial charge in [-0.05, 0) is 39.4 Å². The first kappa shape index (κ1) is 17.9. The minimum atomic E-state index is 0.642. The first-order valence-electron chi connectivity index (χ1n) is 9.26. The molecule has 136 valence electrons. The molecule has 0 amide bonds. The van der Waals surface area contributed by atoms with E-state index in [1.54, 1.807) is 0 Å². The van der Waals surface area contributed by atoms with E-state index in [1.165, 1.54) is 56.9 Å². The van der Waals surface area contributed by atoms with Crippen LogP contribution >= 0.6 is 0 Å². The third-order valence-corrected chi connectivity index (χ3v) is 5.67. The van der Waals surface area contributed by atoms with E-state index in [0.717, 1.165) is 19.7 Å². The molecule has 2 atom stereocenters. The molecule has 1 aromatic heterocycles. The topological polar surface area (TPSA) is 47.6 Å². The SMILES string of the molecule is COCC1CN(Cc2cn[nH]c2C)CC1CN1CCCN(C)CC1. The summed E-state index contributed by atoms with van der Waals surface area (Å²) in [6.07, 6.45) is 3.26. The molecule has 24 heavy (non-hydrogen) atoms. The molecule has 2 aliphatic rings. The number of nitrogens with one attached hydrogen (secondary N) is 1. The van der Waals surface area contributed by atoms with Gasteiger partial charge < -0.3 is 14.5 Å². The van der Waals surface area contributed by atoms with Crippen LogP contribution < -0.4 is 0 Å². The molecule has 0 saturated carbocycles. The number of H-pyrrole nitrogens is 1. The Balaban J connectivity index is 1.57. The standard InChI is InChI=1S/C18H33N5O/c1-15-16(9-19-20-15)10-23-12-17(18(13-23)14-24-3)11-22-6-4-5-21(2)7-8-22/h9,17-18H,4-8,10-14H2,1-3H3,(H,19,20). The van der Waals surface area contributed by atoms with Crippen molar-refractivity contribution in [1.29, 1.82) is 0 Å². The summed E-state index contributed by atoms with van der Waals surface area (Å²) in [4.78, 5) is 7.70. The van der Waals surface area contributed by atoms with Gasteiger partial charge in [0.15, 0.2) is 0 Å². The molecule has 6 nitrogen and oxygen atoms in total. The van der Waals surface area contributed by atoms with Gasteiger partial charge in [0.05, 0.1) is 12.8 Å². The highest BCUT2D eigenvalue weighted by Crippen LogP contribution is 2.27. The van der Waals surface area contributed by atoms with Gasteiger partial charge in [-0.1, -0.05) is 0 Å². The summed E-state index contributed by atoms with van der Waals surface area (Å²) < 4.78 is 5.52. The average molecular weight is 335 g/mol. The zero-order valence-electron chi connectivity index (χ0n) is 15.5. The van der Waals surface area contributed by atoms with E-state index in [-0.39, 0.29) is 0 Å². The van der Waals surface area contributed by atoms with Crippen molar-refractivity contribution in [2.75, 3.05) is 66.6 Å². The highest BCUT2D eigenvalue weighted by atomic mass is 16.5. The number of rotatable bonds is 6. The Kier molecular flexibility index (Phi) is 6.27. The van der Waals surface area contributed by atoms with Crippen LogP contribution in [0.5, 0.6) is 0 Å². The third kappa shape index (κ3) is 4.57. The quantitative estimate of drug-likeness (QED) is 0.842. The summed E-state index contributed by atoms with van der Waals surface area (Å²) in [5.74, 6) is 1.35. The van der Waals surface area contributed by atoms with Crippen molar-refractivity contribution in [3.63, 3.8) is 0 Å². The van der Waals surface area contributed by atoms with Gasteiger partial charge in [0.2, 0.25) is 0 Å². The number of nitrogens with zero attached hydrogens (tertiary/aromatic N) is 4. The molecule has 6 heteroatoms. The van der Waals surface area contributed by atoms with Gasteiger partial charge in [0.1, 0.15) is 0 Å². The van der Waals surface area contributed by atoms with Gasteiger partial charge in [0.25, 0.3) is 0 Å². The summed E-state index contributed by atoms with van der Waals surface area (Å²) in [7, 11) is 4.07. The van der Waals surface area contributed by atoms with Crippen LogP contribution in [-0.4, -0.2) is 91.5 Å². The molecule has 2 fully saturated rings. The van der Waals surface area contributed by atoms with Crippen molar-refractivity contribution in [3.05, 3.63) is 17.5 Å². The Labute approximate surface area is 146 Å². The smallest absolute Gasteiger partial charge is 0.0535 e. The van der Waals surface area contributed by atoms with E-state index in [2.05, 4.69) is 38.9 Å². The molecule has 0 aliphatic carbocycles. The Morgan fingerprint density at radius 3 is 2.75 bits per heavy atom. The number of hydrogen-bond donors (Lipinski definition) is 1. The molecule has 0 bridgehead atoms. The Hall–Kier alpha value is -0.950. The van der Waals surface area contributed by atoms with Crippen LogP contribution in [0.2, 0.25) is 0 Å². The van der Waals surface area contributed by atoms with Crippen LogP contribution in [0.4, 0.5) is 0 Å². The minimum absolute atomic E-state index is 0.642. The maximum Gasteiger partial charge on any atom is 0.0535 e. The third-order valence-electron chi connectivity index (χ3n) is 5.67. The predicted molar refractivity (Wildman–Crippen MR) is 96.0 cm³/mol. The fourth-order valence-electron chi connectivity index (χ4n) is 4.16. The monoisotopic (exact) mass is 335 g/mol. The molecule has 1 aromatic rings. The van der Waals surface area contributed by atoms with Crippen LogP contribution in [0, 0.1) is 18.8 Å². The van der Waals surface area contributed by atoms with Crippen molar-refractivity contribution in [2.24, 2.45) is 11.8 Å². The summed E-state index contributed by atoms with van der Waals surface area (Å²) in [5.41, 5.74) is 2.51. The fraction of sp³-hybridized carbons (Fsp3) is 0.833. The van der Waals surface area contributed by atoms with Crippen molar-refractivity contribution in [1.82, 2.24) is 24.9 Å². The molecule has 1 N–H and O–H groups in total. The van der Waals surface area contributed by atoms with E-state index in [1.807, 2.05) is 13.3 Å². The second kappa shape index (κ2) is 8.43. The number of aromatic nitrogens is 2. The van der Waals surface area contributed by atoms with Gasteiger partial charge in [-0.2, -0.15) is 5.10 Å². The Bertz CT molecular complexity index is 505. The lowest BCUT2D eigenvalue weighted by Crippen LogP contribution is -2.36. The number of hydrogen-bond acceptors (Lipinski definition) is 5. The first-order valence-corrected chi connectivity index (χ1v) is 9.26. The normalized spacial score (nSPS) is 27.6. The van der Waals surface area contributed by atoms with E-state index < -0.39 is 0 Å². The van der Waals surface area contributed by atoms with Crippen LogP contribution in [0.1, 0.15) is 17.7 Å². The minimum Gasteiger partial charge on any atom is -0.384 e.